The van der Waals surface area contributed by atoms with Crippen molar-refractivity contribution < 1.29 is 18.8 Å². The van der Waals surface area contributed by atoms with Gasteiger partial charge in [0.05, 0.1) is 12.3 Å². The highest BCUT2D eigenvalue weighted by Crippen LogP contribution is 2.44. The lowest BCUT2D eigenvalue weighted by Gasteiger charge is -2.36. The van der Waals surface area contributed by atoms with Crippen LogP contribution < -0.4 is 5.32 Å². The number of aryl methyl sites for hydroxylation is 1. The molecule has 0 bridgehead atoms. The summed E-state index contributed by atoms with van der Waals surface area (Å²) in [5, 5.41) is 6.87. The summed E-state index contributed by atoms with van der Waals surface area (Å²) in [6.07, 6.45) is 4.91. The zero-order chi connectivity index (χ0) is 18.9. The number of amides is 1. The van der Waals surface area contributed by atoms with Gasteiger partial charge in [0.1, 0.15) is 5.60 Å². The van der Waals surface area contributed by atoms with E-state index in [1.165, 1.54) is 0 Å². The third-order valence-corrected chi connectivity index (χ3v) is 5.55. The van der Waals surface area contributed by atoms with Gasteiger partial charge in [0.15, 0.2) is 0 Å². The van der Waals surface area contributed by atoms with Crippen LogP contribution in [-0.4, -0.2) is 27.6 Å². The van der Waals surface area contributed by atoms with Crippen molar-refractivity contribution in [1.82, 2.24) is 15.5 Å². The normalized spacial score (nSPS) is 21.2. The van der Waals surface area contributed by atoms with Gasteiger partial charge in [-0.3, -0.25) is 9.59 Å². The highest BCUT2D eigenvalue weighted by atomic mass is 16.6. The number of carbonyl (C=O) groups is 2. The van der Waals surface area contributed by atoms with Gasteiger partial charge in [-0.25, -0.2) is 0 Å². The van der Waals surface area contributed by atoms with Crippen molar-refractivity contribution in [3.8, 4) is 11.4 Å². The van der Waals surface area contributed by atoms with Crippen LogP contribution >= 0.6 is 0 Å². The van der Waals surface area contributed by atoms with E-state index in [-0.39, 0.29) is 24.2 Å². The van der Waals surface area contributed by atoms with Crippen molar-refractivity contribution in [2.24, 2.45) is 5.92 Å². The Hall–Kier alpha value is -2.70. The van der Waals surface area contributed by atoms with Gasteiger partial charge in [0, 0.05) is 19.0 Å². The number of ether oxygens (including phenoxy) is 1. The van der Waals surface area contributed by atoms with Crippen molar-refractivity contribution in [2.75, 3.05) is 0 Å². The molecule has 1 aromatic heterocycles. The predicted octanol–water partition coefficient (Wildman–Crippen LogP) is 2.93. The largest absolute Gasteiger partial charge is 0.458 e. The van der Waals surface area contributed by atoms with Gasteiger partial charge in [-0.05, 0) is 31.2 Å². The first kappa shape index (κ1) is 17.7. The Morgan fingerprint density at radius 1 is 1.22 bits per heavy atom. The van der Waals surface area contributed by atoms with E-state index in [0.717, 1.165) is 43.2 Å². The van der Waals surface area contributed by atoms with Crippen LogP contribution in [0, 0.1) is 12.8 Å². The highest BCUT2D eigenvalue weighted by Gasteiger charge is 2.52. The summed E-state index contributed by atoms with van der Waals surface area (Å²) in [4.78, 5) is 28.8. The zero-order valence-electron chi connectivity index (χ0n) is 15.4. The van der Waals surface area contributed by atoms with Crippen LogP contribution in [0.4, 0.5) is 0 Å². The summed E-state index contributed by atoms with van der Waals surface area (Å²) < 4.78 is 10.6. The minimum atomic E-state index is -0.584. The maximum absolute atomic E-state index is 12.8. The maximum atomic E-state index is 12.8. The van der Waals surface area contributed by atoms with E-state index in [0.29, 0.717) is 18.3 Å². The van der Waals surface area contributed by atoms with E-state index >= 15 is 0 Å². The molecule has 2 aliphatic rings. The summed E-state index contributed by atoms with van der Waals surface area (Å²) in [6.45, 7) is 2.15. The maximum Gasteiger partial charge on any atom is 0.307 e. The minimum absolute atomic E-state index is 0.0966. The zero-order valence-corrected chi connectivity index (χ0v) is 15.4. The van der Waals surface area contributed by atoms with Crippen LogP contribution in [0.5, 0.6) is 0 Å². The molecule has 1 spiro atoms. The standard InChI is InChI=1S/C20H23N3O4/c1-13-22-18(23-27-13)15-7-5-14(6-8-15)12-21-19(25)16-11-17(24)26-20(16)9-3-2-4-10-20/h5-8,16H,2-4,9-12H2,1H3,(H,21,25)/t16-/m0/s1. The summed E-state index contributed by atoms with van der Waals surface area (Å²) in [5.41, 5.74) is 1.24. The fraction of sp³-hybridized carbons (Fsp3) is 0.500. The third kappa shape index (κ3) is 3.59. The second-order valence-electron chi connectivity index (χ2n) is 7.41. The van der Waals surface area contributed by atoms with E-state index in [1.54, 1.807) is 6.92 Å². The SMILES string of the molecule is Cc1nc(-c2ccc(CNC(=O)[C@@H]3CC(=O)OC34CCCCC4)cc2)no1. The van der Waals surface area contributed by atoms with E-state index in [4.69, 9.17) is 9.26 Å². The van der Waals surface area contributed by atoms with Crippen LogP contribution in [0.15, 0.2) is 28.8 Å². The molecule has 1 amide bonds. The Bertz CT molecular complexity index is 837. The number of benzene rings is 1. The van der Waals surface area contributed by atoms with Gasteiger partial charge >= 0.3 is 5.97 Å². The first-order valence-electron chi connectivity index (χ1n) is 9.45. The average molecular weight is 369 g/mol. The second kappa shape index (κ2) is 7.13. The Balaban J connectivity index is 1.39. The Morgan fingerprint density at radius 3 is 2.63 bits per heavy atom. The van der Waals surface area contributed by atoms with Gasteiger partial charge < -0.3 is 14.6 Å². The lowest BCUT2D eigenvalue weighted by Crippen LogP contribution is -2.45. The lowest BCUT2D eigenvalue weighted by atomic mass is 9.75. The van der Waals surface area contributed by atoms with Crippen LogP contribution in [0.25, 0.3) is 11.4 Å². The number of rotatable bonds is 4. The monoisotopic (exact) mass is 369 g/mol. The molecule has 27 heavy (non-hydrogen) atoms. The molecule has 4 rings (SSSR count). The van der Waals surface area contributed by atoms with Gasteiger partial charge in [-0.1, -0.05) is 35.8 Å². The van der Waals surface area contributed by atoms with Crippen LogP contribution in [0.3, 0.4) is 0 Å². The number of carbonyl (C=O) groups excluding carboxylic acids is 2. The summed E-state index contributed by atoms with van der Waals surface area (Å²) >= 11 is 0. The van der Waals surface area contributed by atoms with Crippen molar-refractivity contribution in [3.05, 3.63) is 35.7 Å². The Labute approximate surface area is 157 Å². The topological polar surface area (TPSA) is 94.3 Å². The van der Waals surface area contributed by atoms with Gasteiger partial charge in [0.25, 0.3) is 0 Å². The van der Waals surface area contributed by atoms with Crippen molar-refractivity contribution in [2.45, 2.75) is 57.6 Å². The molecule has 2 aromatic rings. The van der Waals surface area contributed by atoms with Crippen LogP contribution in [0.1, 0.15) is 50.0 Å². The molecule has 2 heterocycles. The quantitative estimate of drug-likeness (QED) is 0.833. The van der Waals surface area contributed by atoms with E-state index in [2.05, 4.69) is 15.5 Å². The Kier molecular flexibility index (Phi) is 4.68. The summed E-state index contributed by atoms with van der Waals surface area (Å²) in [6, 6.07) is 7.65. The van der Waals surface area contributed by atoms with E-state index < -0.39 is 5.60 Å². The Morgan fingerprint density at radius 2 is 1.96 bits per heavy atom. The lowest BCUT2D eigenvalue weighted by molar-refractivity contribution is -0.153. The van der Waals surface area contributed by atoms with Crippen LogP contribution in [-0.2, 0) is 20.9 Å². The first-order valence-corrected chi connectivity index (χ1v) is 9.45. The number of aromatic nitrogens is 2. The molecule has 1 aliphatic carbocycles. The van der Waals surface area contributed by atoms with Crippen molar-refractivity contribution >= 4 is 11.9 Å². The molecule has 7 nitrogen and oxygen atoms in total. The van der Waals surface area contributed by atoms with Crippen molar-refractivity contribution in [1.29, 1.82) is 0 Å². The number of nitrogens with one attached hydrogen (secondary N) is 1. The molecule has 0 unspecified atom stereocenters. The fourth-order valence-corrected chi connectivity index (χ4v) is 4.13. The van der Waals surface area contributed by atoms with Gasteiger partial charge in [-0.2, -0.15) is 4.98 Å². The average Bonchev–Trinajstić information content (AvgIpc) is 3.24. The molecule has 7 heteroatoms. The minimum Gasteiger partial charge on any atom is -0.458 e. The smallest absolute Gasteiger partial charge is 0.307 e. The van der Waals surface area contributed by atoms with Gasteiger partial charge in [-0.15, -0.1) is 0 Å². The van der Waals surface area contributed by atoms with E-state index in [1.807, 2.05) is 24.3 Å². The van der Waals surface area contributed by atoms with Crippen molar-refractivity contribution in [3.63, 3.8) is 0 Å². The molecule has 1 saturated carbocycles. The van der Waals surface area contributed by atoms with E-state index in [9.17, 15) is 9.59 Å². The molecular formula is C20H23N3O4. The molecule has 0 radical (unpaired) electrons. The fourth-order valence-electron chi connectivity index (χ4n) is 4.13. The molecule has 2 fully saturated rings. The number of esters is 1. The highest BCUT2D eigenvalue weighted by molar-refractivity contribution is 5.87. The molecule has 1 aliphatic heterocycles. The second-order valence-corrected chi connectivity index (χ2v) is 7.41. The molecule has 1 atom stereocenters. The molecule has 1 saturated heterocycles. The summed E-state index contributed by atoms with van der Waals surface area (Å²) in [5.74, 6) is 0.333. The molecule has 1 N–H and O–H groups in total. The molecular weight excluding hydrogens is 346 g/mol. The molecule has 1 aromatic carbocycles. The molecule has 142 valence electrons. The number of nitrogens with zero attached hydrogens (tertiary/aromatic N) is 2. The number of hydrogen-bond acceptors (Lipinski definition) is 6. The van der Waals surface area contributed by atoms with Crippen LogP contribution in [0.2, 0.25) is 0 Å². The first-order chi connectivity index (χ1) is 13.1. The number of hydrogen-bond donors (Lipinski definition) is 1. The third-order valence-electron chi connectivity index (χ3n) is 5.55. The van der Waals surface area contributed by atoms with Gasteiger partial charge in [0.2, 0.25) is 17.6 Å². The predicted molar refractivity (Wildman–Crippen MR) is 96.3 cm³/mol. The summed E-state index contributed by atoms with van der Waals surface area (Å²) in [7, 11) is 0.